The molecule has 1 aromatic carbocycles. The molecular weight excluding hydrogens is 192 g/mol. The predicted octanol–water partition coefficient (Wildman–Crippen LogP) is 2.02. The summed E-state index contributed by atoms with van der Waals surface area (Å²) in [4.78, 5) is 0.536. The monoisotopic (exact) mass is 204 g/mol. The zero-order valence-corrected chi connectivity index (χ0v) is 8.84. The van der Waals surface area contributed by atoms with Gasteiger partial charge in [0.25, 0.3) is 0 Å². The van der Waals surface area contributed by atoms with E-state index in [-0.39, 0.29) is 5.92 Å². The number of hydrogen-bond acceptors (Lipinski definition) is 2. The summed E-state index contributed by atoms with van der Waals surface area (Å²) >= 11 is 4.89. The van der Waals surface area contributed by atoms with Crippen molar-refractivity contribution >= 4 is 17.2 Å². The number of nitrogens with two attached hydrogens (primary N) is 1. The molecule has 0 fully saturated rings. The van der Waals surface area contributed by atoms with Gasteiger partial charge in [-0.25, -0.2) is 0 Å². The zero-order valence-electron chi connectivity index (χ0n) is 8.03. The molecule has 1 unspecified atom stereocenters. The maximum atomic E-state index is 8.61. The van der Waals surface area contributed by atoms with Gasteiger partial charge in [0.15, 0.2) is 0 Å². The van der Waals surface area contributed by atoms with Crippen LogP contribution in [0, 0.1) is 17.2 Å². The molecule has 1 atom stereocenters. The first-order valence-corrected chi connectivity index (χ1v) is 4.82. The molecule has 0 aliphatic heterocycles. The number of thiocarbonyl (C=S) groups is 1. The highest BCUT2D eigenvalue weighted by Gasteiger charge is 2.05. The number of nitriles is 1. The first kappa shape index (κ1) is 10.7. The molecule has 0 amide bonds. The van der Waals surface area contributed by atoms with Crippen molar-refractivity contribution in [3.63, 3.8) is 0 Å². The first-order chi connectivity index (χ1) is 6.63. The summed E-state index contributed by atoms with van der Waals surface area (Å²) in [6, 6.07) is 9.57. The van der Waals surface area contributed by atoms with E-state index in [9.17, 15) is 0 Å². The van der Waals surface area contributed by atoms with E-state index in [0.29, 0.717) is 10.6 Å². The second kappa shape index (κ2) is 4.73. The number of rotatable bonds is 3. The molecular formula is C11H12N2S. The molecule has 0 saturated heterocycles. The third kappa shape index (κ3) is 2.82. The van der Waals surface area contributed by atoms with Crippen molar-refractivity contribution in [1.29, 1.82) is 5.26 Å². The Kier molecular flexibility index (Phi) is 3.61. The van der Waals surface area contributed by atoms with E-state index in [1.54, 1.807) is 0 Å². The molecule has 2 nitrogen and oxygen atoms in total. The van der Waals surface area contributed by atoms with Gasteiger partial charge in [0.05, 0.1) is 16.6 Å². The fraction of sp³-hybridized carbons (Fsp3) is 0.273. The Labute approximate surface area is 89.3 Å². The molecule has 0 aliphatic rings. The lowest BCUT2D eigenvalue weighted by atomic mass is 10.0. The van der Waals surface area contributed by atoms with E-state index in [1.165, 1.54) is 0 Å². The van der Waals surface area contributed by atoms with Crippen LogP contribution < -0.4 is 5.73 Å². The van der Waals surface area contributed by atoms with Gasteiger partial charge in [-0.1, -0.05) is 31.3 Å². The molecule has 14 heavy (non-hydrogen) atoms. The van der Waals surface area contributed by atoms with Gasteiger partial charge >= 0.3 is 0 Å². The van der Waals surface area contributed by atoms with E-state index >= 15 is 0 Å². The van der Waals surface area contributed by atoms with Crippen LogP contribution in [0.25, 0.3) is 0 Å². The summed E-state index contributed by atoms with van der Waals surface area (Å²) in [6.45, 7) is 2.00. The molecule has 72 valence electrons. The third-order valence-corrected chi connectivity index (χ3v) is 2.51. The molecule has 0 saturated carbocycles. The smallest absolute Gasteiger partial charge is 0.0991 e. The van der Waals surface area contributed by atoms with Gasteiger partial charge in [-0.15, -0.1) is 0 Å². The Bertz CT molecular complexity index is 362. The van der Waals surface area contributed by atoms with E-state index in [4.69, 9.17) is 23.2 Å². The van der Waals surface area contributed by atoms with Crippen molar-refractivity contribution in [1.82, 2.24) is 0 Å². The summed E-state index contributed by atoms with van der Waals surface area (Å²) in [5.41, 5.74) is 7.35. The Morgan fingerprint density at radius 1 is 1.50 bits per heavy atom. The molecule has 2 N–H and O–H groups in total. The average molecular weight is 204 g/mol. The quantitative estimate of drug-likeness (QED) is 0.766. The fourth-order valence-corrected chi connectivity index (χ4v) is 1.25. The third-order valence-electron chi connectivity index (χ3n) is 2.11. The van der Waals surface area contributed by atoms with Crippen LogP contribution in [0.1, 0.15) is 18.1 Å². The molecule has 0 heterocycles. The second-order valence-corrected chi connectivity index (χ2v) is 3.79. The highest BCUT2D eigenvalue weighted by molar-refractivity contribution is 7.80. The molecule has 0 aromatic heterocycles. The van der Waals surface area contributed by atoms with E-state index in [1.807, 2.05) is 31.2 Å². The van der Waals surface area contributed by atoms with E-state index < -0.39 is 0 Å². The van der Waals surface area contributed by atoms with Gasteiger partial charge in [0.1, 0.15) is 0 Å². The van der Waals surface area contributed by atoms with Gasteiger partial charge in [-0.05, 0) is 24.1 Å². The highest BCUT2D eigenvalue weighted by atomic mass is 32.1. The molecule has 0 aliphatic carbocycles. The summed E-state index contributed by atoms with van der Waals surface area (Å²) in [5, 5.41) is 8.61. The maximum Gasteiger partial charge on any atom is 0.0991 e. The molecule has 1 aromatic rings. The van der Waals surface area contributed by atoms with Crippen LogP contribution in [-0.2, 0) is 6.42 Å². The largest absolute Gasteiger partial charge is 0.393 e. The van der Waals surface area contributed by atoms with Crippen LogP contribution in [0.5, 0.6) is 0 Å². The van der Waals surface area contributed by atoms with Gasteiger partial charge < -0.3 is 5.73 Å². The lowest BCUT2D eigenvalue weighted by Gasteiger charge is -2.08. The fourth-order valence-electron chi connectivity index (χ4n) is 1.17. The summed E-state index contributed by atoms with van der Waals surface area (Å²) in [7, 11) is 0. The van der Waals surface area contributed by atoms with Crippen LogP contribution in [0.3, 0.4) is 0 Å². The minimum Gasteiger partial charge on any atom is -0.393 e. The Hall–Kier alpha value is -1.40. The maximum absolute atomic E-state index is 8.61. The van der Waals surface area contributed by atoms with Crippen LogP contribution in [0.2, 0.25) is 0 Å². The normalized spacial score (nSPS) is 11.7. The lowest BCUT2D eigenvalue weighted by Crippen LogP contribution is -2.20. The van der Waals surface area contributed by atoms with E-state index in [0.717, 1.165) is 12.0 Å². The highest BCUT2D eigenvalue weighted by Crippen LogP contribution is 2.09. The van der Waals surface area contributed by atoms with Gasteiger partial charge in [0, 0.05) is 5.92 Å². The summed E-state index contributed by atoms with van der Waals surface area (Å²) in [6.07, 6.45) is 0.834. The van der Waals surface area contributed by atoms with Crippen LogP contribution >= 0.6 is 12.2 Å². The van der Waals surface area contributed by atoms with Crippen molar-refractivity contribution in [2.45, 2.75) is 13.3 Å². The zero-order chi connectivity index (χ0) is 10.6. The molecule has 3 heteroatoms. The van der Waals surface area contributed by atoms with Crippen molar-refractivity contribution in [2.24, 2.45) is 11.7 Å². The molecule has 0 bridgehead atoms. The van der Waals surface area contributed by atoms with Gasteiger partial charge in [-0.3, -0.25) is 0 Å². The Morgan fingerprint density at radius 3 is 2.50 bits per heavy atom. The minimum absolute atomic E-state index is 0.206. The number of hydrogen-bond donors (Lipinski definition) is 1. The average Bonchev–Trinajstić information content (AvgIpc) is 2.19. The number of nitrogens with zero attached hydrogens (tertiary/aromatic N) is 1. The Balaban J connectivity index is 2.70. The molecule has 1 rings (SSSR count). The SMILES string of the molecule is CC(Cc1ccc(C#N)cc1)C(N)=S. The lowest BCUT2D eigenvalue weighted by molar-refractivity contribution is 0.771. The van der Waals surface area contributed by atoms with Gasteiger partial charge in [-0.2, -0.15) is 5.26 Å². The predicted molar refractivity (Wildman–Crippen MR) is 60.8 cm³/mol. The van der Waals surface area contributed by atoms with Crippen LogP contribution in [0.15, 0.2) is 24.3 Å². The molecule has 0 spiro atoms. The van der Waals surface area contributed by atoms with Crippen LogP contribution in [0.4, 0.5) is 0 Å². The van der Waals surface area contributed by atoms with Crippen LogP contribution in [-0.4, -0.2) is 4.99 Å². The van der Waals surface area contributed by atoms with Gasteiger partial charge in [0.2, 0.25) is 0 Å². The second-order valence-electron chi connectivity index (χ2n) is 3.32. The summed E-state index contributed by atoms with van der Waals surface area (Å²) in [5.74, 6) is 0.206. The van der Waals surface area contributed by atoms with Crippen molar-refractivity contribution in [3.8, 4) is 6.07 Å². The summed E-state index contributed by atoms with van der Waals surface area (Å²) < 4.78 is 0. The van der Waals surface area contributed by atoms with Crippen molar-refractivity contribution in [2.75, 3.05) is 0 Å². The van der Waals surface area contributed by atoms with Crippen molar-refractivity contribution in [3.05, 3.63) is 35.4 Å². The number of benzene rings is 1. The topological polar surface area (TPSA) is 49.8 Å². The van der Waals surface area contributed by atoms with E-state index in [2.05, 4.69) is 6.07 Å². The first-order valence-electron chi connectivity index (χ1n) is 4.42. The van der Waals surface area contributed by atoms with Crippen molar-refractivity contribution < 1.29 is 0 Å². The Morgan fingerprint density at radius 2 is 2.07 bits per heavy atom. The standard InChI is InChI=1S/C11H12N2S/c1-8(11(13)14)6-9-2-4-10(7-12)5-3-9/h2-5,8H,6H2,1H3,(H2,13,14). The minimum atomic E-state index is 0.206. The molecule has 0 radical (unpaired) electrons.